The Balaban J connectivity index is 1.92. The van der Waals surface area contributed by atoms with Crippen LogP contribution in [-0.4, -0.2) is 54.1 Å². The summed E-state index contributed by atoms with van der Waals surface area (Å²) in [5, 5.41) is 10.1. The van der Waals surface area contributed by atoms with E-state index >= 15 is 0 Å². The summed E-state index contributed by atoms with van der Waals surface area (Å²) in [6.07, 6.45) is -2.86. The molecule has 2 rings (SSSR count). The quantitative estimate of drug-likeness (QED) is 0.667. The minimum Gasteiger partial charge on any atom is -0.466 e. The molecule has 0 spiro atoms. The van der Waals surface area contributed by atoms with Gasteiger partial charge in [0.25, 0.3) is 0 Å². The Hall–Kier alpha value is -0.730. The first-order valence-corrected chi connectivity index (χ1v) is 6.44. The minimum absolute atomic E-state index is 0.0155. The Morgan fingerprint density at radius 3 is 2.74 bits per heavy atom. The molecule has 2 heterocycles. The number of fused-ring (bicyclic) bond motifs is 1. The van der Waals surface area contributed by atoms with Gasteiger partial charge in [0.05, 0.1) is 13.0 Å². The molecule has 0 radical (unpaired) electrons. The monoisotopic (exact) mass is 275 g/mol. The summed E-state index contributed by atoms with van der Waals surface area (Å²) in [7, 11) is 0. The fourth-order valence-corrected chi connectivity index (χ4v) is 2.40. The first-order chi connectivity index (χ1) is 8.84. The van der Waals surface area contributed by atoms with Gasteiger partial charge in [0.2, 0.25) is 0 Å². The van der Waals surface area contributed by atoms with Gasteiger partial charge in [-0.2, -0.15) is 0 Å². The van der Waals surface area contributed by atoms with E-state index in [2.05, 4.69) is 0 Å². The van der Waals surface area contributed by atoms with Crippen LogP contribution in [0.4, 0.5) is 0 Å². The highest BCUT2D eigenvalue weighted by Gasteiger charge is 2.55. The van der Waals surface area contributed by atoms with Crippen LogP contribution in [0.3, 0.4) is 0 Å². The molecular weight excluding hydrogens is 254 g/mol. The van der Waals surface area contributed by atoms with Crippen molar-refractivity contribution in [2.24, 2.45) is 5.73 Å². The second-order valence-corrected chi connectivity index (χ2v) is 5.23. The van der Waals surface area contributed by atoms with Crippen molar-refractivity contribution >= 4 is 5.97 Å². The smallest absolute Gasteiger partial charge is 0.307 e. The number of carbonyl (C=O) groups excluding carboxylic acids is 1. The summed E-state index contributed by atoms with van der Waals surface area (Å²) < 4.78 is 21.4. The predicted molar refractivity (Wildman–Crippen MR) is 63.9 cm³/mol. The van der Waals surface area contributed by atoms with Crippen molar-refractivity contribution in [3.63, 3.8) is 0 Å². The fraction of sp³-hybridized carbons (Fsp3) is 0.917. The molecule has 0 aromatic heterocycles. The largest absolute Gasteiger partial charge is 0.466 e. The molecule has 0 aromatic carbocycles. The molecule has 3 N–H and O–H groups in total. The van der Waals surface area contributed by atoms with Gasteiger partial charge in [0.1, 0.15) is 18.3 Å². The lowest BCUT2D eigenvalue weighted by Gasteiger charge is -2.26. The molecule has 7 nitrogen and oxygen atoms in total. The molecule has 0 amide bonds. The number of aliphatic hydroxyl groups is 1. The zero-order valence-electron chi connectivity index (χ0n) is 11.4. The van der Waals surface area contributed by atoms with E-state index in [1.54, 1.807) is 20.8 Å². The molecule has 110 valence electrons. The number of hydrogen-bond donors (Lipinski definition) is 2. The van der Waals surface area contributed by atoms with Crippen LogP contribution in [0.15, 0.2) is 0 Å². The Bertz CT molecular complexity index is 347. The maximum Gasteiger partial charge on any atom is 0.307 e. The summed E-state index contributed by atoms with van der Waals surface area (Å²) in [6.45, 7) is 5.51. The average Bonchev–Trinajstić information content (AvgIpc) is 2.73. The highest BCUT2D eigenvalue weighted by Crippen LogP contribution is 2.38. The van der Waals surface area contributed by atoms with E-state index in [-0.39, 0.29) is 6.42 Å². The maximum atomic E-state index is 11.4. The van der Waals surface area contributed by atoms with Gasteiger partial charge in [0.15, 0.2) is 12.1 Å². The number of hydrogen-bond acceptors (Lipinski definition) is 7. The van der Waals surface area contributed by atoms with E-state index in [4.69, 9.17) is 24.7 Å². The first-order valence-electron chi connectivity index (χ1n) is 6.44. The van der Waals surface area contributed by atoms with Crippen molar-refractivity contribution in [3.8, 4) is 0 Å². The molecule has 0 aliphatic carbocycles. The van der Waals surface area contributed by atoms with Crippen molar-refractivity contribution in [2.45, 2.75) is 63.6 Å². The summed E-state index contributed by atoms with van der Waals surface area (Å²) in [5.41, 5.74) is 5.87. The molecular formula is C12H21NO6. The van der Waals surface area contributed by atoms with E-state index in [0.29, 0.717) is 6.61 Å². The normalized spacial score (nSPS) is 37.9. The highest BCUT2D eigenvalue weighted by molar-refractivity contribution is 5.70. The number of rotatable bonds is 4. The standard InChI is InChI=1S/C12H21NO6/c1-4-16-7(14)5-6(13)9-8(15)10-11(17-9)19-12(2,3)18-10/h6,8-11,15H,4-5,13H2,1-3H3/t6-,8+,9-,10-,11+/m1/s1. The highest BCUT2D eigenvalue weighted by atomic mass is 16.8. The second kappa shape index (κ2) is 5.34. The van der Waals surface area contributed by atoms with Crippen LogP contribution in [0.1, 0.15) is 27.2 Å². The lowest BCUT2D eigenvalue weighted by atomic mass is 10.0. The molecule has 2 fully saturated rings. The van der Waals surface area contributed by atoms with E-state index in [9.17, 15) is 9.90 Å². The lowest BCUT2D eigenvalue weighted by Crippen LogP contribution is -2.46. The summed E-state index contributed by atoms with van der Waals surface area (Å²) >= 11 is 0. The number of ether oxygens (including phenoxy) is 4. The zero-order valence-corrected chi connectivity index (χ0v) is 11.4. The van der Waals surface area contributed by atoms with Gasteiger partial charge in [-0.25, -0.2) is 0 Å². The van der Waals surface area contributed by atoms with Crippen LogP contribution in [-0.2, 0) is 23.7 Å². The molecule has 0 aromatic rings. The molecule has 5 atom stereocenters. The van der Waals surface area contributed by atoms with Crippen LogP contribution in [0, 0.1) is 0 Å². The molecule has 2 saturated heterocycles. The lowest BCUT2D eigenvalue weighted by molar-refractivity contribution is -0.217. The van der Waals surface area contributed by atoms with E-state index in [0.717, 1.165) is 0 Å². The predicted octanol–water partition coefficient (Wildman–Crippen LogP) is -0.496. The van der Waals surface area contributed by atoms with Crippen molar-refractivity contribution in [3.05, 3.63) is 0 Å². The Morgan fingerprint density at radius 2 is 2.16 bits per heavy atom. The van der Waals surface area contributed by atoms with Crippen LogP contribution in [0.5, 0.6) is 0 Å². The average molecular weight is 275 g/mol. The van der Waals surface area contributed by atoms with E-state index < -0.39 is 42.4 Å². The van der Waals surface area contributed by atoms with Crippen molar-refractivity contribution in [1.29, 1.82) is 0 Å². The fourth-order valence-electron chi connectivity index (χ4n) is 2.40. The molecule has 2 aliphatic rings. The van der Waals surface area contributed by atoms with Crippen molar-refractivity contribution in [2.75, 3.05) is 6.61 Å². The second-order valence-electron chi connectivity index (χ2n) is 5.23. The Labute approximate surface area is 111 Å². The van der Waals surface area contributed by atoms with Crippen LogP contribution < -0.4 is 5.73 Å². The van der Waals surface area contributed by atoms with Crippen molar-refractivity contribution < 1.29 is 28.8 Å². The van der Waals surface area contributed by atoms with Gasteiger partial charge in [-0.3, -0.25) is 4.79 Å². The molecule has 2 aliphatic heterocycles. The van der Waals surface area contributed by atoms with Gasteiger partial charge < -0.3 is 29.8 Å². The maximum absolute atomic E-state index is 11.4. The van der Waals surface area contributed by atoms with Gasteiger partial charge in [-0.1, -0.05) is 0 Å². The first kappa shape index (κ1) is 14.7. The van der Waals surface area contributed by atoms with Gasteiger partial charge in [-0.05, 0) is 20.8 Å². The van der Waals surface area contributed by atoms with E-state index in [1.807, 2.05) is 0 Å². The molecule has 19 heavy (non-hydrogen) atoms. The molecule has 0 bridgehead atoms. The van der Waals surface area contributed by atoms with Gasteiger partial charge >= 0.3 is 5.97 Å². The Kier molecular flexibility index (Phi) is 4.12. The minimum atomic E-state index is -0.920. The third kappa shape index (κ3) is 3.06. The molecule has 7 heteroatoms. The summed E-state index contributed by atoms with van der Waals surface area (Å²) in [5.74, 6) is -1.20. The summed E-state index contributed by atoms with van der Waals surface area (Å²) in [4.78, 5) is 11.4. The molecule has 0 saturated carbocycles. The van der Waals surface area contributed by atoms with Gasteiger partial charge in [-0.15, -0.1) is 0 Å². The van der Waals surface area contributed by atoms with Crippen LogP contribution >= 0.6 is 0 Å². The van der Waals surface area contributed by atoms with Gasteiger partial charge in [0, 0.05) is 6.04 Å². The topological polar surface area (TPSA) is 100 Å². The third-order valence-corrected chi connectivity index (χ3v) is 3.18. The third-order valence-electron chi connectivity index (χ3n) is 3.18. The zero-order chi connectivity index (χ0) is 14.2. The van der Waals surface area contributed by atoms with Crippen LogP contribution in [0.25, 0.3) is 0 Å². The SMILES string of the molecule is CCOC(=O)C[C@@H](N)[C@H]1O[C@H]2OC(C)(C)O[C@@H]2[C@H]1O. The number of carbonyl (C=O) groups is 1. The number of aliphatic hydroxyl groups excluding tert-OH is 1. The summed E-state index contributed by atoms with van der Waals surface area (Å²) in [6, 6.07) is -0.657. The van der Waals surface area contributed by atoms with Crippen molar-refractivity contribution in [1.82, 2.24) is 0 Å². The Morgan fingerprint density at radius 1 is 1.47 bits per heavy atom. The number of esters is 1. The van der Waals surface area contributed by atoms with E-state index in [1.165, 1.54) is 0 Å². The van der Waals surface area contributed by atoms with Crippen LogP contribution in [0.2, 0.25) is 0 Å². The molecule has 0 unspecified atom stereocenters. The number of nitrogens with two attached hydrogens (primary N) is 1.